The summed E-state index contributed by atoms with van der Waals surface area (Å²) in [6.07, 6.45) is -2.39. The van der Waals surface area contributed by atoms with E-state index < -0.39 is 70.5 Å². The molecule has 4 aliphatic heterocycles. The van der Waals surface area contributed by atoms with Gasteiger partial charge in [0.25, 0.3) is 0 Å². The molecule has 168 valence electrons. The van der Waals surface area contributed by atoms with Crippen LogP contribution in [-0.4, -0.2) is 63.7 Å². The number of epoxide rings is 1. The van der Waals surface area contributed by atoms with Crippen LogP contribution in [0.5, 0.6) is 0 Å². The van der Waals surface area contributed by atoms with Gasteiger partial charge in [0.05, 0.1) is 5.92 Å². The lowest BCUT2D eigenvalue weighted by Gasteiger charge is -2.60. The zero-order valence-corrected chi connectivity index (χ0v) is 18.1. The molecule has 2 aliphatic carbocycles. The number of hydrogen-bond donors (Lipinski definition) is 1. The lowest BCUT2D eigenvalue weighted by atomic mass is 9.57. The highest BCUT2D eigenvalue weighted by atomic mass is 16.6. The topological polar surface area (TPSA) is 129 Å². The third kappa shape index (κ3) is 2.50. The molecule has 9 nitrogen and oxygen atoms in total. The van der Waals surface area contributed by atoms with Gasteiger partial charge in [0, 0.05) is 25.2 Å². The van der Waals surface area contributed by atoms with Crippen molar-refractivity contribution in [1.82, 2.24) is 0 Å². The number of aliphatic hydroxyl groups is 1. The number of Topliss-reactive ketones (excluding diaryl/α,β-unsaturated/α-hetero) is 2. The Labute approximate surface area is 179 Å². The summed E-state index contributed by atoms with van der Waals surface area (Å²) in [5.74, 6) is -4.01. The van der Waals surface area contributed by atoms with E-state index in [0.29, 0.717) is 6.42 Å². The third-order valence-corrected chi connectivity index (χ3v) is 7.79. The van der Waals surface area contributed by atoms with E-state index in [1.165, 1.54) is 13.8 Å². The first-order chi connectivity index (χ1) is 14.3. The van der Waals surface area contributed by atoms with E-state index in [0.717, 1.165) is 0 Å². The molecule has 0 aromatic heterocycles. The van der Waals surface area contributed by atoms with Gasteiger partial charge in [-0.2, -0.15) is 0 Å². The molecule has 0 unspecified atom stereocenters. The molecular weight excluding hydrogens is 408 g/mol. The molecule has 0 radical (unpaired) electrons. The molecule has 3 saturated heterocycles. The Hall–Kier alpha value is -2.26. The highest BCUT2D eigenvalue weighted by Gasteiger charge is 2.78. The van der Waals surface area contributed by atoms with Crippen molar-refractivity contribution < 1.29 is 43.2 Å². The van der Waals surface area contributed by atoms with Crippen molar-refractivity contribution in [3.8, 4) is 0 Å². The van der Waals surface area contributed by atoms with Gasteiger partial charge >= 0.3 is 11.9 Å². The van der Waals surface area contributed by atoms with Gasteiger partial charge in [0.1, 0.15) is 29.0 Å². The Bertz CT molecular complexity index is 964. The van der Waals surface area contributed by atoms with Crippen molar-refractivity contribution in [2.24, 2.45) is 17.8 Å². The number of ketones is 2. The van der Waals surface area contributed by atoms with Crippen LogP contribution in [0, 0.1) is 17.8 Å². The normalized spacial score (nSPS) is 50.3. The lowest BCUT2D eigenvalue weighted by molar-refractivity contribution is -0.279. The number of carbonyl (C=O) groups excluding carboxylic acids is 4. The fraction of sp³-hybridized carbons (Fsp3) is 0.727. The van der Waals surface area contributed by atoms with Crippen LogP contribution in [0.4, 0.5) is 0 Å². The summed E-state index contributed by atoms with van der Waals surface area (Å²) in [5.41, 5.74) is -4.41. The van der Waals surface area contributed by atoms with E-state index in [1.54, 1.807) is 13.8 Å². The molecule has 9 atom stereocenters. The number of fused-ring (bicyclic) bond motifs is 2. The second-order valence-corrected chi connectivity index (χ2v) is 10.1. The summed E-state index contributed by atoms with van der Waals surface area (Å²) in [4.78, 5) is 51.3. The molecule has 1 spiro atoms. The first kappa shape index (κ1) is 20.6. The van der Waals surface area contributed by atoms with Gasteiger partial charge in [-0.25, -0.2) is 4.79 Å². The summed E-state index contributed by atoms with van der Waals surface area (Å²) in [6.45, 7) is 7.86. The molecule has 4 heterocycles. The molecule has 1 N–H and O–H groups in total. The van der Waals surface area contributed by atoms with Gasteiger partial charge in [0.2, 0.25) is 0 Å². The van der Waals surface area contributed by atoms with Crippen LogP contribution in [0.25, 0.3) is 0 Å². The average molecular weight is 434 g/mol. The van der Waals surface area contributed by atoms with Gasteiger partial charge in [-0.1, -0.05) is 13.8 Å². The smallest absolute Gasteiger partial charge is 0.346 e. The predicted octanol–water partition coefficient (Wildman–Crippen LogP) is 0.609. The van der Waals surface area contributed by atoms with Crippen LogP contribution < -0.4 is 0 Å². The number of esters is 2. The third-order valence-electron chi connectivity index (χ3n) is 7.79. The molecular formula is C22H26O9. The number of rotatable bonds is 1. The van der Waals surface area contributed by atoms with E-state index in [2.05, 4.69) is 0 Å². The molecule has 0 amide bonds. The predicted molar refractivity (Wildman–Crippen MR) is 101 cm³/mol. The van der Waals surface area contributed by atoms with Crippen LogP contribution >= 0.6 is 0 Å². The summed E-state index contributed by atoms with van der Waals surface area (Å²) in [6, 6.07) is 0. The van der Waals surface area contributed by atoms with E-state index >= 15 is 0 Å². The summed E-state index contributed by atoms with van der Waals surface area (Å²) in [5, 5.41) is 10.8. The van der Waals surface area contributed by atoms with E-state index in [-0.39, 0.29) is 23.7 Å². The minimum Gasteiger partial charge on any atom is -0.482 e. The second-order valence-electron chi connectivity index (χ2n) is 10.1. The summed E-state index contributed by atoms with van der Waals surface area (Å²) < 4.78 is 23.6. The van der Waals surface area contributed by atoms with Crippen LogP contribution in [0.1, 0.15) is 47.5 Å². The largest absolute Gasteiger partial charge is 0.482 e. The highest BCUT2D eigenvalue weighted by molar-refractivity contribution is 6.20. The molecule has 4 fully saturated rings. The summed E-state index contributed by atoms with van der Waals surface area (Å²) >= 11 is 0. The Morgan fingerprint density at radius 3 is 2.45 bits per heavy atom. The van der Waals surface area contributed by atoms with Gasteiger partial charge < -0.3 is 24.1 Å². The SMILES string of the molecule is CC(=O)O[C@H]1[C@@H]2[C@H]3O[C@@H]3C(=O)[C@@](C)(O)C[C@H](C)C(=O)C3=C4O[C@]1(C)[C@@H](C)C[C@@]42OC3=O. The minimum absolute atomic E-state index is 0.145. The number of ether oxygens (including phenoxy) is 4. The number of carbonyl (C=O) groups is 4. The van der Waals surface area contributed by atoms with Crippen LogP contribution in [0.2, 0.25) is 0 Å². The summed E-state index contributed by atoms with van der Waals surface area (Å²) in [7, 11) is 0. The zero-order valence-electron chi connectivity index (χ0n) is 18.1. The first-order valence-electron chi connectivity index (χ1n) is 10.6. The quantitative estimate of drug-likeness (QED) is 0.358. The fourth-order valence-corrected chi connectivity index (χ4v) is 6.08. The van der Waals surface area contributed by atoms with Crippen LogP contribution in [0.15, 0.2) is 11.3 Å². The van der Waals surface area contributed by atoms with E-state index in [9.17, 15) is 24.3 Å². The van der Waals surface area contributed by atoms with Gasteiger partial charge in [-0.3, -0.25) is 14.4 Å². The monoisotopic (exact) mass is 434 g/mol. The lowest BCUT2D eigenvalue weighted by Crippen LogP contribution is -2.71. The fourth-order valence-electron chi connectivity index (χ4n) is 6.08. The van der Waals surface area contributed by atoms with Gasteiger partial charge in [-0.15, -0.1) is 0 Å². The first-order valence-corrected chi connectivity index (χ1v) is 10.6. The maximum atomic E-state index is 13.3. The molecule has 0 aromatic rings. The molecule has 6 rings (SSSR count). The standard InChI is InChI=1S/C22H26O9/c1-8-6-20(4,27)16(25)15-14(29-15)12-18(28-10(3)23)21(5)9(2)7-22(12)17(30-21)11(13(8)24)19(26)31-22/h8-9,12,14-15,18,27H,6-7H2,1-5H3/t8-,9-,12-,14+,15-,18-,20-,21+,22-/m0/s1. The second kappa shape index (κ2) is 5.95. The van der Waals surface area contributed by atoms with Crippen molar-refractivity contribution in [1.29, 1.82) is 0 Å². The van der Waals surface area contributed by atoms with Crippen molar-refractivity contribution >= 4 is 23.5 Å². The molecule has 1 saturated carbocycles. The Morgan fingerprint density at radius 1 is 1.13 bits per heavy atom. The maximum Gasteiger partial charge on any atom is 0.346 e. The van der Waals surface area contributed by atoms with E-state index in [4.69, 9.17) is 18.9 Å². The molecule has 5 bridgehead atoms. The van der Waals surface area contributed by atoms with Crippen LogP contribution in [-0.2, 0) is 38.1 Å². The van der Waals surface area contributed by atoms with Gasteiger partial charge in [0.15, 0.2) is 29.0 Å². The molecule has 31 heavy (non-hydrogen) atoms. The highest BCUT2D eigenvalue weighted by Crippen LogP contribution is 2.64. The van der Waals surface area contributed by atoms with Crippen molar-refractivity contribution in [3.05, 3.63) is 11.3 Å². The molecule has 9 heteroatoms. The van der Waals surface area contributed by atoms with Crippen molar-refractivity contribution in [2.75, 3.05) is 0 Å². The molecule has 6 aliphatic rings. The Kier molecular flexibility index (Phi) is 3.96. The van der Waals surface area contributed by atoms with E-state index in [1.807, 2.05) is 6.92 Å². The van der Waals surface area contributed by atoms with Crippen LogP contribution in [0.3, 0.4) is 0 Å². The Morgan fingerprint density at radius 2 is 1.81 bits per heavy atom. The molecule has 0 aromatic carbocycles. The van der Waals surface area contributed by atoms with Crippen molar-refractivity contribution in [3.63, 3.8) is 0 Å². The Balaban J connectivity index is 1.74. The average Bonchev–Trinajstić information content (AvgIpc) is 3.36. The van der Waals surface area contributed by atoms with Crippen molar-refractivity contribution in [2.45, 2.75) is 82.6 Å². The maximum absolute atomic E-state index is 13.3. The zero-order chi connectivity index (χ0) is 22.7. The minimum atomic E-state index is -1.81. The van der Waals surface area contributed by atoms with Gasteiger partial charge in [-0.05, 0) is 20.3 Å². The number of hydrogen-bond acceptors (Lipinski definition) is 9.